The lowest BCUT2D eigenvalue weighted by atomic mass is 10.1. The third-order valence-electron chi connectivity index (χ3n) is 2.68. The number of hydrogen-bond acceptors (Lipinski definition) is 2. The molecule has 0 unspecified atom stereocenters. The van der Waals surface area contributed by atoms with E-state index in [2.05, 4.69) is 5.32 Å². The van der Waals surface area contributed by atoms with Crippen LogP contribution >= 0.6 is 0 Å². The number of para-hydroxylation sites is 1. The fraction of sp³-hybridized carbons (Fsp3) is 0.143. The van der Waals surface area contributed by atoms with E-state index in [0.29, 0.717) is 17.7 Å². The Morgan fingerprint density at radius 3 is 2.21 bits per heavy atom. The molecule has 0 atom stereocenters. The zero-order valence-electron chi connectivity index (χ0n) is 9.96. The number of nitrogens with one attached hydrogen (secondary N) is 1. The molecule has 0 bridgehead atoms. The van der Waals surface area contributed by atoms with Crippen LogP contribution < -0.4 is 5.32 Å². The quantitative estimate of drug-likeness (QED) is 0.834. The number of hydrogen-bond donors (Lipinski definition) is 2. The van der Waals surface area contributed by atoms with E-state index < -0.39 is 17.5 Å². The van der Waals surface area contributed by atoms with E-state index in [9.17, 15) is 18.3 Å². The Labute approximate surface area is 108 Å². The van der Waals surface area contributed by atoms with Gasteiger partial charge in [-0.15, -0.1) is 0 Å². The molecule has 0 aromatic heterocycles. The van der Waals surface area contributed by atoms with E-state index in [-0.39, 0.29) is 12.3 Å². The van der Waals surface area contributed by atoms with E-state index in [1.165, 1.54) is 0 Å². The smallest absolute Gasteiger partial charge is 0.194 e. The van der Waals surface area contributed by atoms with Crippen LogP contribution in [0.5, 0.6) is 5.75 Å². The van der Waals surface area contributed by atoms with Gasteiger partial charge in [0.2, 0.25) is 0 Å². The van der Waals surface area contributed by atoms with Gasteiger partial charge < -0.3 is 10.4 Å². The van der Waals surface area contributed by atoms with Gasteiger partial charge in [-0.3, -0.25) is 0 Å². The van der Waals surface area contributed by atoms with Crippen molar-refractivity contribution in [1.29, 1.82) is 0 Å². The molecule has 100 valence electrons. The van der Waals surface area contributed by atoms with Crippen LogP contribution in [-0.2, 0) is 13.1 Å². The second-order valence-corrected chi connectivity index (χ2v) is 4.11. The van der Waals surface area contributed by atoms with Crippen LogP contribution in [0.4, 0.5) is 13.2 Å². The fourth-order valence-corrected chi connectivity index (χ4v) is 1.71. The summed E-state index contributed by atoms with van der Waals surface area (Å²) in [5.41, 5.74) is 0.970. The molecule has 0 amide bonds. The van der Waals surface area contributed by atoms with Crippen LogP contribution in [0.1, 0.15) is 11.1 Å². The minimum Gasteiger partial charge on any atom is -0.508 e. The highest BCUT2D eigenvalue weighted by atomic mass is 19.2. The molecular weight excluding hydrogens is 255 g/mol. The minimum atomic E-state index is -1.47. The summed E-state index contributed by atoms with van der Waals surface area (Å²) in [7, 11) is 0. The molecule has 5 heteroatoms. The predicted octanol–water partition coefficient (Wildman–Crippen LogP) is 3.10. The first-order valence-electron chi connectivity index (χ1n) is 5.69. The lowest BCUT2D eigenvalue weighted by molar-refractivity contribution is 0.443. The lowest BCUT2D eigenvalue weighted by Gasteiger charge is -2.07. The average Bonchev–Trinajstić information content (AvgIpc) is 2.38. The third-order valence-corrected chi connectivity index (χ3v) is 2.68. The number of benzene rings is 2. The van der Waals surface area contributed by atoms with Crippen LogP contribution in [0.15, 0.2) is 36.4 Å². The van der Waals surface area contributed by atoms with E-state index >= 15 is 0 Å². The molecule has 19 heavy (non-hydrogen) atoms. The Balaban J connectivity index is 1.98. The van der Waals surface area contributed by atoms with Gasteiger partial charge in [-0.25, -0.2) is 13.2 Å². The van der Waals surface area contributed by atoms with Crippen LogP contribution in [0.2, 0.25) is 0 Å². The van der Waals surface area contributed by atoms with Crippen LogP contribution in [0.3, 0.4) is 0 Å². The van der Waals surface area contributed by atoms with Crippen molar-refractivity contribution in [3.05, 3.63) is 65.0 Å². The fourth-order valence-electron chi connectivity index (χ4n) is 1.71. The van der Waals surface area contributed by atoms with Gasteiger partial charge in [-0.05, 0) is 23.8 Å². The van der Waals surface area contributed by atoms with E-state index in [1.807, 2.05) is 0 Å². The highest BCUT2D eigenvalue weighted by molar-refractivity contribution is 5.31. The SMILES string of the molecule is Oc1ccccc1CNCc1cc(F)c(F)c(F)c1. The highest BCUT2D eigenvalue weighted by Gasteiger charge is 2.10. The summed E-state index contributed by atoms with van der Waals surface area (Å²) >= 11 is 0. The van der Waals surface area contributed by atoms with Crippen LogP contribution in [-0.4, -0.2) is 5.11 Å². The van der Waals surface area contributed by atoms with Crippen molar-refractivity contribution in [2.24, 2.45) is 0 Å². The van der Waals surface area contributed by atoms with Crippen molar-refractivity contribution in [2.45, 2.75) is 13.1 Å². The van der Waals surface area contributed by atoms with Crippen LogP contribution in [0, 0.1) is 17.5 Å². The molecule has 0 fully saturated rings. The first kappa shape index (κ1) is 13.4. The molecule has 2 N–H and O–H groups in total. The largest absolute Gasteiger partial charge is 0.508 e. The summed E-state index contributed by atoms with van der Waals surface area (Å²) in [5.74, 6) is -3.74. The molecule has 0 saturated carbocycles. The Bertz CT molecular complexity index is 564. The normalized spacial score (nSPS) is 10.7. The molecule has 0 heterocycles. The van der Waals surface area contributed by atoms with Gasteiger partial charge >= 0.3 is 0 Å². The molecule has 0 radical (unpaired) electrons. The number of halogens is 3. The van der Waals surface area contributed by atoms with Crippen molar-refractivity contribution >= 4 is 0 Å². The number of aromatic hydroxyl groups is 1. The third kappa shape index (κ3) is 3.26. The first-order chi connectivity index (χ1) is 9.08. The second-order valence-electron chi connectivity index (χ2n) is 4.11. The molecular formula is C14H12F3NO. The molecule has 2 rings (SSSR count). The Morgan fingerprint density at radius 2 is 1.58 bits per heavy atom. The summed E-state index contributed by atoms with van der Waals surface area (Å²) in [6.07, 6.45) is 0. The molecule has 2 aromatic rings. The van der Waals surface area contributed by atoms with Crippen LogP contribution in [0.25, 0.3) is 0 Å². The van der Waals surface area contributed by atoms with E-state index in [0.717, 1.165) is 12.1 Å². The summed E-state index contributed by atoms with van der Waals surface area (Å²) < 4.78 is 38.7. The van der Waals surface area contributed by atoms with Crippen molar-refractivity contribution < 1.29 is 18.3 Å². The summed E-state index contributed by atoms with van der Waals surface area (Å²) in [6.45, 7) is 0.510. The summed E-state index contributed by atoms with van der Waals surface area (Å²) in [5, 5.41) is 12.4. The average molecular weight is 267 g/mol. The number of phenolic OH excluding ortho intramolecular Hbond substituents is 1. The first-order valence-corrected chi connectivity index (χ1v) is 5.69. The second kappa shape index (κ2) is 5.75. The van der Waals surface area contributed by atoms with E-state index in [4.69, 9.17) is 0 Å². The molecule has 0 saturated heterocycles. The van der Waals surface area contributed by atoms with Gasteiger partial charge in [-0.1, -0.05) is 18.2 Å². The maximum atomic E-state index is 13.0. The number of phenols is 1. The highest BCUT2D eigenvalue weighted by Crippen LogP contribution is 2.16. The Kier molecular flexibility index (Phi) is 4.06. The Morgan fingerprint density at radius 1 is 0.947 bits per heavy atom. The van der Waals surface area contributed by atoms with Gasteiger partial charge in [0.25, 0.3) is 0 Å². The van der Waals surface area contributed by atoms with Crippen molar-refractivity contribution in [3.8, 4) is 5.75 Å². The van der Waals surface area contributed by atoms with Gasteiger partial charge in [0.05, 0.1) is 0 Å². The summed E-state index contributed by atoms with van der Waals surface area (Å²) in [4.78, 5) is 0. The molecule has 2 aromatic carbocycles. The Hall–Kier alpha value is -2.01. The predicted molar refractivity (Wildman–Crippen MR) is 65.0 cm³/mol. The van der Waals surface area contributed by atoms with Gasteiger partial charge in [0.15, 0.2) is 17.5 Å². The zero-order valence-corrected chi connectivity index (χ0v) is 9.96. The maximum absolute atomic E-state index is 13.0. The van der Waals surface area contributed by atoms with Gasteiger partial charge in [0, 0.05) is 18.7 Å². The molecule has 2 nitrogen and oxygen atoms in total. The molecule has 0 aliphatic rings. The zero-order chi connectivity index (χ0) is 13.8. The van der Waals surface area contributed by atoms with E-state index in [1.54, 1.807) is 24.3 Å². The van der Waals surface area contributed by atoms with Crippen molar-refractivity contribution in [3.63, 3.8) is 0 Å². The summed E-state index contributed by atoms with van der Waals surface area (Å²) in [6, 6.07) is 8.63. The number of rotatable bonds is 4. The monoisotopic (exact) mass is 267 g/mol. The lowest BCUT2D eigenvalue weighted by Crippen LogP contribution is -2.13. The van der Waals surface area contributed by atoms with Crippen molar-refractivity contribution in [1.82, 2.24) is 5.32 Å². The molecule has 0 aliphatic carbocycles. The van der Waals surface area contributed by atoms with Gasteiger partial charge in [-0.2, -0.15) is 0 Å². The molecule has 0 aliphatic heterocycles. The molecule has 0 spiro atoms. The minimum absolute atomic E-state index is 0.145. The topological polar surface area (TPSA) is 32.3 Å². The standard InChI is InChI=1S/C14H12F3NO/c15-11-5-9(6-12(16)14(11)17)7-18-8-10-3-1-2-4-13(10)19/h1-6,18-19H,7-8H2. The van der Waals surface area contributed by atoms with Crippen molar-refractivity contribution in [2.75, 3.05) is 0 Å². The maximum Gasteiger partial charge on any atom is 0.194 e. The van der Waals surface area contributed by atoms with Gasteiger partial charge in [0.1, 0.15) is 5.75 Å².